The first-order chi connectivity index (χ1) is 6.83. The van der Waals surface area contributed by atoms with Crippen LogP contribution in [-0.4, -0.2) is 15.5 Å². The maximum atomic E-state index is 13.2. The molecule has 0 aromatic heterocycles. The third-order valence-electron chi connectivity index (χ3n) is 1.89. The second kappa shape index (κ2) is 4.37. The molecule has 3 nitrogen and oxygen atoms in total. The molecule has 0 unspecified atom stereocenters. The summed E-state index contributed by atoms with van der Waals surface area (Å²) in [7, 11) is 2.76. The lowest BCUT2D eigenvalue weighted by Gasteiger charge is -2.08. The second-order valence-corrected chi connectivity index (χ2v) is 5.87. The van der Waals surface area contributed by atoms with Crippen LogP contribution in [-0.2, 0) is 14.8 Å². The van der Waals surface area contributed by atoms with Crippen molar-refractivity contribution in [3.8, 4) is 5.75 Å². The van der Waals surface area contributed by atoms with Gasteiger partial charge in [-0.3, -0.25) is 0 Å². The van der Waals surface area contributed by atoms with Crippen LogP contribution < -0.4 is 4.74 Å². The molecule has 6 heteroatoms. The zero-order chi connectivity index (χ0) is 11.6. The fraction of sp³-hybridized carbons (Fsp3) is 0.333. The molecule has 0 saturated carbocycles. The molecule has 0 amide bonds. The first-order valence-corrected chi connectivity index (χ1v) is 6.56. The highest BCUT2D eigenvalue weighted by atomic mass is 35.7. The van der Waals surface area contributed by atoms with E-state index in [1.54, 1.807) is 6.92 Å². The summed E-state index contributed by atoms with van der Waals surface area (Å²) < 4.78 is 39.8. The Hall–Kier alpha value is -0.810. The van der Waals surface area contributed by atoms with E-state index < -0.39 is 20.6 Å². The Morgan fingerprint density at radius 1 is 1.47 bits per heavy atom. The third kappa shape index (κ3) is 3.35. The summed E-state index contributed by atoms with van der Waals surface area (Å²) in [4.78, 5) is 0. The van der Waals surface area contributed by atoms with Crippen molar-refractivity contribution < 1.29 is 17.5 Å². The fourth-order valence-electron chi connectivity index (χ4n) is 1.18. The number of halogens is 2. The van der Waals surface area contributed by atoms with Gasteiger partial charge in [0.15, 0.2) is 0 Å². The Morgan fingerprint density at radius 2 is 2.07 bits per heavy atom. The molecule has 0 fully saturated rings. The van der Waals surface area contributed by atoms with Gasteiger partial charge in [-0.05, 0) is 24.6 Å². The van der Waals surface area contributed by atoms with Gasteiger partial charge in [-0.1, -0.05) is 0 Å². The van der Waals surface area contributed by atoms with Gasteiger partial charge < -0.3 is 4.74 Å². The average molecular weight is 253 g/mol. The van der Waals surface area contributed by atoms with Gasteiger partial charge in [-0.25, -0.2) is 12.8 Å². The van der Waals surface area contributed by atoms with Crippen molar-refractivity contribution >= 4 is 19.7 Å². The Kier molecular flexibility index (Phi) is 3.57. The van der Waals surface area contributed by atoms with Crippen molar-refractivity contribution in [2.24, 2.45) is 0 Å². The van der Waals surface area contributed by atoms with E-state index in [0.29, 0.717) is 11.3 Å². The highest BCUT2D eigenvalue weighted by Gasteiger charge is 2.14. The van der Waals surface area contributed by atoms with E-state index in [-0.39, 0.29) is 5.56 Å². The topological polar surface area (TPSA) is 43.4 Å². The number of hydrogen-bond donors (Lipinski definition) is 0. The molecular weight excluding hydrogens is 243 g/mol. The monoisotopic (exact) mass is 252 g/mol. The quantitative estimate of drug-likeness (QED) is 0.775. The number of methoxy groups -OCH3 is 1. The number of rotatable bonds is 3. The highest BCUT2D eigenvalue weighted by molar-refractivity contribution is 8.13. The highest BCUT2D eigenvalue weighted by Crippen LogP contribution is 2.25. The van der Waals surface area contributed by atoms with Crippen molar-refractivity contribution in [2.45, 2.75) is 12.7 Å². The molecule has 1 rings (SSSR count). The summed E-state index contributed by atoms with van der Waals surface area (Å²) in [5.74, 6) is -0.612. The second-order valence-electron chi connectivity index (χ2n) is 3.10. The summed E-state index contributed by atoms with van der Waals surface area (Å²) in [6.45, 7) is 1.57. The normalized spacial score (nSPS) is 11.5. The smallest absolute Gasteiger partial charge is 0.236 e. The Bertz CT molecular complexity index is 470. The van der Waals surface area contributed by atoms with Crippen molar-refractivity contribution in [3.63, 3.8) is 0 Å². The zero-order valence-corrected chi connectivity index (χ0v) is 9.82. The maximum Gasteiger partial charge on any atom is 0.236 e. The van der Waals surface area contributed by atoms with Gasteiger partial charge in [0, 0.05) is 16.2 Å². The molecule has 0 aliphatic carbocycles. The van der Waals surface area contributed by atoms with Crippen LogP contribution in [0.1, 0.15) is 11.1 Å². The van der Waals surface area contributed by atoms with Crippen molar-refractivity contribution in [1.82, 2.24) is 0 Å². The lowest BCUT2D eigenvalue weighted by Crippen LogP contribution is -2.00. The van der Waals surface area contributed by atoms with Crippen LogP contribution in [0, 0.1) is 12.7 Å². The Labute approximate surface area is 92.2 Å². The van der Waals surface area contributed by atoms with Crippen LogP contribution in [0.4, 0.5) is 4.39 Å². The minimum absolute atomic E-state index is 0.218. The van der Waals surface area contributed by atoms with Crippen LogP contribution >= 0.6 is 10.7 Å². The third-order valence-corrected chi connectivity index (χ3v) is 2.87. The van der Waals surface area contributed by atoms with Crippen LogP contribution in [0.5, 0.6) is 5.75 Å². The van der Waals surface area contributed by atoms with Gasteiger partial charge in [-0.2, -0.15) is 0 Å². The molecule has 1 aromatic rings. The van der Waals surface area contributed by atoms with E-state index in [1.165, 1.54) is 13.2 Å². The van der Waals surface area contributed by atoms with Crippen LogP contribution in [0.25, 0.3) is 0 Å². The van der Waals surface area contributed by atoms with Crippen molar-refractivity contribution in [2.75, 3.05) is 7.11 Å². The average Bonchev–Trinajstić information content (AvgIpc) is 2.08. The van der Waals surface area contributed by atoms with E-state index in [9.17, 15) is 12.8 Å². The molecule has 15 heavy (non-hydrogen) atoms. The predicted molar refractivity (Wildman–Crippen MR) is 56.2 cm³/mol. The molecular formula is C9H10ClFO3S. The van der Waals surface area contributed by atoms with Crippen LogP contribution in [0.15, 0.2) is 12.1 Å². The minimum atomic E-state index is -3.71. The number of aryl methyl sites for hydroxylation is 1. The molecule has 0 bridgehead atoms. The minimum Gasteiger partial charge on any atom is -0.496 e. The fourth-order valence-corrected chi connectivity index (χ4v) is 2.13. The van der Waals surface area contributed by atoms with E-state index in [4.69, 9.17) is 15.4 Å². The molecule has 0 N–H and O–H groups in total. The van der Waals surface area contributed by atoms with E-state index in [2.05, 4.69) is 0 Å². The van der Waals surface area contributed by atoms with E-state index in [0.717, 1.165) is 6.07 Å². The summed E-state index contributed by atoms with van der Waals surface area (Å²) in [6.07, 6.45) is 0. The number of hydrogen-bond acceptors (Lipinski definition) is 3. The predicted octanol–water partition coefficient (Wildman–Crippen LogP) is 2.21. The van der Waals surface area contributed by atoms with Crippen molar-refractivity contribution in [3.05, 3.63) is 29.1 Å². The Balaban J connectivity index is 3.22. The first kappa shape index (κ1) is 12.3. The SMILES string of the molecule is COc1cc(C)c(F)cc1CS(=O)(=O)Cl. The largest absolute Gasteiger partial charge is 0.496 e. The summed E-state index contributed by atoms with van der Waals surface area (Å²) >= 11 is 0. The van der Waals surface area contributed by atoms with Crippen LogP contribution in [0.3, 0.4) is 0 Å². The van der Waals surface area contributed by atoms with Gasteiger partial charge in [0.25, 0.3) is 0 Å². The molecule has 0 heterocycles. The molecule has 0 saturated heterocycles. The van der Waals surface area contributed by atoms with Crippen LogP contribution in [0.2, 0.25) is 0 Å². The summed E-state index contributed by atoms with van der Waals surface area (Å²) in [6, 6.07) is 2.56. The van der Waals surface area contributed by atoms with Gasteiger partial charge in [0.05, 0.1) is 12.9 Å². The van der Waals surface area contributed by atoms with Gasteiger partial charge in [0.2, 0.25) is 9.05 Å². The van der Waals surface area contributed by atoms with Crippen molar-refractivity contribution in [1.29, 1.82) is 0 Å². The molecule has 84 valence electrons. The zero-order valence-electron chi connectivity index (χ0n) is 8.25. The van der Waals surface area contributed by atoms with E-state index in [1.807, 2.05) is 0 Å². The Morgan fingerprint density at radius 3 is 2.53 bits per heavy atom. The standard InChI is InChI=1S/C9H10ClFO3S/c1-6-3-9(14-2)7(4-8(6)11)5-15(10,12)13/h3-4H,5H2,1-2H3. The molecule has 0 radical (unpaired) electrons. The molecule has 0 spiro atoms. The molecule has 0 atom stereocenters. The van der Waals surface area contributed by atoms with Gasteiger partial charge in [-0.15, -0.1) is 0 Å². The maximum absolute atomic E-state index is 13.2. The van der Waals surface area contributed by atoms with E-state index >= 15 is 0 Å². The number of ether oxygens (including phenoxy) is 1. The lowest BCUT2D eigenvalue weighted by atomic mass is 10.1. The van der Waals surface area contributed by atoms with Gasteiger partial charge >= 0.3 is 0 Å². The molecule has 0 aliphatic rings. The van der Waals surface area contributed by atoms with Gasteiger partial charge in [0.1, 0.15) is 11.6 Å². The first-order valence-electron chi connectivity index (χ1n) is 4.09. The lowest BCUT2D eigenvalue weighted by molar-refractivity contribution is 0.409. The summed E-state index contributed by atoms with van der Waals surface area (Å²) in [5.41, 5.74) is 0.609. The molecule has 0 aliphatic heterocycles. The molecule has 1 aromatic carbocycles. The number of benzene rings is 1. The summed E-state index contributed by atoms with van der Waals surface area (Å²) in [5, 5.41) is 0.